The van der Waals surface area contributed by atoms with Gasteiger partial charge >= 0.3 is 6.03 Å². The van der Waals surface area contributed by atoms with Crippen molar-refractivity contribution < 1.29 is 9.53 Å². The van der Waals surface area contributed by atoms with E-state index < -0.39 is 0 Å². The molecular formula is C21H33N3O2. The molecule has 3 rings (SSSR count). The van der Waals surface area contributed by atoms with Gasteiger partial charge < -0.3 is 15.4 Å². The summed E-state index contributed by atoms with van der Waals surface area (Å²) in [6, 6.07) is 8.13. The fourth-order valence-electron chi connectivity index (χ4n) is 3.92. The number of likely N-dealkylation sites (tertiary alicyclic amines) is 1. The third kappa shape index (κ3) is 5.21. The average Bonchev–Trinajstić information content (AvgIpc) is 3.10. The molecule has 144 valence electrons. The lowest BCUT2D eigenvalue weighted by molar-refractivity contribution is 0.0853. The summed E-state index contributed by atoms with van der Waals surface area (Å²) in [6.45, 7) is 11.3. The number of benzene rings is 1. The van der Waals surface area contributed by atoms with Gasteiger partial charge in [-0.15, -0.1) is 0 Å². The van der Waals surface area contributed by atoms with Crippen LogP contribution in [0.3, 0.4) is 0 Å². The molecule has 0 aliphatic carbocycles. The van der Waals surface area contributed by atoms with Crippen LogP contribution in [0.1, 0.15) is 51.5 Å². The van der Waals surface area contributed by atoms with E-state index in [0.29, 0.717) is 11.8 Å². The number of anilines is 1. The van der Waals surface area contributed by atoms with E-state index in [4.69, 9.17) is 4.74 Å². The van der Waals surface area contributed by atoms with Crippen LogP contribution in [0.5, 0.6) is 0 Å². The van der Waals surface area contributed by atoms with Crippen molar-refractivity contribution in [3.05, 3.63) is 29.8 Å². The van der Waals surface area contributed by atoms with Crippen molar-refractivity contribution in [3.8, 4) is 0 Å². The molecule has 2 saturated heterocycles. The molecule has 2 N–H and O–H groups in total. The van der Waals surface area contributed by atoms with Crippen molar-refractivity contribution >= 4 is 11.7 Å². The zero-order valence-corrected chi connectivity index (χ0v) is 16.4. The van der Waals surface area contributed by atoms with Gasteiger partial charge in [-0.2, -0.15) is 0 Å². The molecule has 2 aliphatic heterocycles. The smallest absolute Gasteiger partial charge is 0.319 e. The van der Waals surface area contributed by atoms with E-state index in [1.165, 1.54) is 5.56 Å². The zero-order valence-electron chi connectivity index (χ0n) is 16.4. The molecule has 1 aromatic rings. The zero-order chi connectivity index (χ0) is 18.6. The van der Waals surface area contributed by atoms with Gasteiger partial charge in [-0.25, -0.2) is 4.79 Å². The third-order valence-electron chi connectivity index (χ3n) is 5.62. The highest BCUT2D eigenvalue weighted by molar-refractivity contribution is 5.89. The fourth-order valence-corrected chi connectivity index (χ4v) is 3.92. The second kappa shape index (κ2) is 8.40. The van der Waals surface area contributed by atoms with E-state index in [9.17, 15) is 4.79 Å². The predicted octanol–water partition coefficient (Wildman–Crippen LogP) is 3.82. The van der Waals surface area contributed by atoms with E-state index >= 15 is 0 Å². The monoisotopic (exact) mass is 359 g/mol. The summed E-state index contributed by atoms with van der Waals surface area (Å²) in [6.07, 6.45) is 3.26. The number of carbonyl (C=O) groups excluding carboxylic acids is 1. The molecule has 2 fully saturated rings. The molecule has 0 saturated carbocycles. The molecule has 1 aromatic carbocycles. The SMILES string of the molecule is CC(C)(C)N1CCC(CNC(=O)Nc2cccc(C3CCOCC3)c2)C1. The first-order valence-corrected chi connectivity index (χ1v) is 9.89. The van der Waals surface area contributed by atoms with Crippen molar-refractivity contribution in [3.63, 3.8) is 0 Å². The first-order valence-electron chi connectivity index (χ1n) is 9.89. The quantitative estimate of drug-likeness (QED) is 0.859. The van der Waals surface area contributed by atoms with Gasteiger partial charge in [0, 0.05) is 37.5 Å². The third-order valence-corrected chi connectivity index (χ3v) is 5.62. The van der Waals surface area contributed by atoms with Crippen molar-refractivity contribution in [1.82, 2.24) is 10.2 Å². The van der Waals surface area contributed by atoms with Crippen LogP contribution in [-0.2, 0) is 4.74 Å². The maximum atomic E-state index is 12.3. The van der Waals surface area contributed by atoms with Gasteiger partial charge in [0.2, 0.25) is 0 Å². The van der Waals surface area contributed by atoms with Crippen molar-refractivity contribution in [1.29, 1.82) is 0 Å². The van der Waals surface area contributed by atoms with Crippen molar-refractivity contribution in [2.75, 3.05) is 38.2 Å². The largest absolute Gasteiger partial charge is 0.381 e. The van der Waals surface area contributed by atoms with Crippen molar-refractivity contribution in [2.45, 2.75) is 51.5 Å². The summed E-state index contributed by atoms with van der Waals surface area (Å²) in [5, 5.41) is 6.04. The van der Waals surface area contributed by atoms with Crippen LogP contribution in [0.15, 0.2) is 24.3 Å². The van der Waals surface area contributed by atoms with Crippen LogP contribution in [-0.4, -0.2) is 49.3 Å². The number of urea groups is 1. The number of carbonyl (C=O) groups is 1. The molecule has 1 unspecified atom stereocenters. The highest BCUT2D eigenvalue weighted by Gasteiger charge is 2.30. The van der Waals surface area contributed by atoms with Gasteiger partial charge in [0.25, 0.3) is 0 Å². The summed E-state index contributed by atoms with van der Waals surface area (Å²) in [5.74, 6) is 1.07. The molecule has 0 spiro atoms. The number of rotatable bonds is 4. The molecule has 0 aromatic heterocycles. The summed E-state index contributed by atoms with van der Waals surface area (Å²) in [4.78, 5) is 14.8. The number of amides is 2. The Balaban J connectivity index is 1.46. The molecule has 0 radical (unpaired) electrons. The summed E-state index contributed by atoms with van der Waals surface area (Å²) < 4.78 is 5.44. The van der Waals surface area contributed by atoms with Crippen LogP contribution >= 0.6 is 0 Å². The summed E-state index contributed by atoms with van der Waals surface area (Å²) in [7, 11) is 0. The van der Waals surface area contributed by atoms with Crippen LogP contribution in [0.4, 0.5) is 10.5 Å². The highest BCUT2D eigenvalue weighted by atomic mass is 16.5. The molecule has 2 heterocycles. The van der Waals surface area contributed by atoms with Gasteiger partial charge in [0.1, 0.15) is 0 Å². The minimum Gasteiger partial charge on any atom is -0.381 e. The van der Waals surface area contributed by atoms with Crippen LogP contribution in [0.2, 0.25) is 0 Å². The predicted molar refractivity (Wildman–Crippen MR) is 106 cm³/mol. The van der Waals surface area contributed by atoms with Gasteiger partial charge in [-0.3, -0.25) is 4.90 Å². The summed E-state index contributed by atoms with van der Waals surface area (Å²) >= 11 is 0. The minimum atomic E-state index is -0.108. The van der Waals surface area contributed by atoms with Gasteiger partial charge in [0.15, 0.2) is 0 Å². The Hall–Kier alpha value is -1.59. The molecule has 5 nitrogen and oxygen atoms in total. The fraction of sp³-hybridized carbons (Fsp3) is 0.667. The maximum Gasteiger partial charge on any atom is 0.319 e. The molecule has 26 heavy (non-hydrogen) atoms. The number of hydrogen-bond acceptors (Lipinski definition) is 3. The Morgan fingerprint density at radius 1 is 1.23 bits per heavy atom. The minimum absolute atomic E-state index is 0.108. The van der Waals surface area contributed by atoms with Crippen molar-refractivity contribution in [2.24, 2.45) is 5.92 Å². The van der Waals surface area contributed by atoms with E-state index in [0.717, 1.165) is 57.8 Å². The lowest BCUT2D eigenvalue weighted by atomic mass is 9.91. The Morgan fingerprint density at radius 2 is 2.00 bits per heavy atom. The molecule has 1 atom stereocenters. The van der Waals surface area contributed by atoms with E-state index in [1.807, 2.05) is 12.1 Å². The van der Waals surface area contributed by atoms with E-state index in [1.54, 1.807) is 0 Å². The molecular weight excluding hydrogens is 326 g/mol. The van der Waals surface area contributed by atoms with Gasteiger partial charge in [-0.1, -0.05) is 12.1 Å². The van der Waals surface area contributed by atoms with Gasteiger partial charge in [0.05, 0.1) is 0 Å². The second-order valence-corrected chi connectivity index (χ2v) is 8.62. The van der Waals surface area contributed by atoms with Crippen LogP contribution in [0.25, 0.3) is 0 Å². The first-order chi connectivity index (χ1) is 12.4. The van der Waals surface area contributed by atoms with E-state index in [-0.39, 0.29) is 11.6 Å². The lowest BCUT2D eigenvalue weighted by Gasteiger charge is -2.31. The summed E-state index contributed by atoms with van der Waals surface area (Å²) in [5.41, 5.74) is 2.37. The number of nitrogens with zero attached hydrogens (tertiary/aromatic N) is 1. The number of hydrogen-bond donors (Lipinski definition) is 2. The number of nitrogens with one attached hydrogen (secondary N) is 2. The first kappa shape index (κ1) is 19.2. The Kier molecular flexibility index (Phi) is 6.20. The number of ether oxygens (including phenoxy) is 1. The highest BCUT2D eigenvalue weighted by Crippen LogP contribution is 2.28. The Labute approximate surface area is 157 Å². The normalized spacial score (nSPS) is 22.3. The van der Waals surface area contributed by atoms with Crippen LogP contribution < -0.4 is 10.6 Å². The molecule has 0 bridgehead atoms. The maximum absolute atomic E-state index is 12.3. The molecule has 2 aliphatic rings. The van der Waals surface area contributed by atoms with Gasteiger partial charge in [-0.05, 0) is 76.1 Å². The second-order valence-electron chi connectivity index (χ2n) is 8.62. The Bertz CT molecular complexity index is 606. The van der Waals surface area contributed by atoms with Crippen LogP contribution in [0, 0.1) is 5.92 Å². The molecule has 5 heteroatoms. The Morgan fingerprint density at radius 3 is 2.69 bits per heavy atom. The standard InChI is InChI=1S/C21H33N3O2/c1-21(2,3)24-10-7-16(15-24)14-22-20(25)23-19-6-4-5-18(13-19)17-8-11-26-12-9-17/h4-6,13,16-17H,7-12,14-15H2,1-3H3,(H2,22,23,25). The van der Waals surface area contributed by atoms with E-state index in [2.05, 4.69) is 48.4 Å². The average molecular weight is 360 g/mol. The molecule has 2 amide bonds. The topological polar surface area (TPSA) is 53.6 Å². The lowest BCUT2D eigenvalue weighted by Crippen LogP contribution is -2.40.